The molecule has 2 heterocycles. The zero-order valence-electron chi connectivity index (χ0n) is 15.9. The summed E-state index contributed by atoms with van der Waals surface area (Å²) in [5.41, 5.74) is 3.71. The summed E-state index contributed by atoms with van der Waals surface area (Å²) in [5, 5.41) is 4.42. The average Bonchev–Trinajstić information content (AvgIpc) is 3.03. The molecule has 3 rings (SSSR count). The van der Waals surface area contributed by atoms with Crippen LogP contribution >= 0.6 is 0 Å². The summed E-state index contributed by atoms with van der Waals surface area (Å²) in [6.07, 6.45) is 0. The van der Waals surface area contributed by atoms with Crippen molar-refractivity contribution in [3.05, 3.63) is 41.6 Å². The number of rotatable bonds is 3. The molecule has 1 aromatic carbocycles. The van der Waals surface area contributed by atoms with E-state index in [1.807, 2.05) is 13.1 Å². The molecule has 2 aromatic rings. The lowest BCUT2D eigenvalue weighted by molar-refractivity contribution is -0.130. The molecular weight excluding hydrogens is 328 g/mol. The van der Waals surface area contributed by atoms with Crippen LogP contribution in [0.15, 0.2) is 30.3 Å². The number of carbonyl (C=O) groups excluding carboxylic acids is 2. The number of aryl methyl sites for hydroxylation is 1. The van der Waals surface area contributed by atoms with Crippen molar-refractivity contribution in [3.63, 3.8) is 0 Å². The monoisotopic (exact) mass is 354 g/mol. The Morgan fingerprint density at radius 2 is 1.58 bits per heavy atom. The first kappa shape index (κ1) is 18.2. The molecule has 26 heavy (non-hydrogen) atoms. The summed E-state index contributed by atoms with van der Waals surface area (Å²) in [7, 11) is 1.86. The van der Waals surface area contributed by atoms with Crippen molar-refractivity contribution in [2.75, 3.05) is 26.2 Å². The van der Waals surface area contributed by atoms with Crippen molar-refractivity contribution >= 4 is 11.8 Å². The van der Waals surface area contributed by atoms with Gasteiger partial charge < -0.3 is 9.80 Å². The van der Waals surface area contributed by atoms with Crippen LogP contribution in [-0.4, -0.2) is 57.6 Å². The van der Waals surface area contributed by atoms with Crippen LogP contribution in [0.25, 0.3) is 11.3 Å². The van der Waals surface area contributed by atoms with E-state index >= 15 is 0 Å². The minimum Gasteiger partial charge on any atom is -0.339 e. The van der Waals surface area contributed by atoms with Crippen LogP contribution in [0.5, 0.6) is 0 Å². The first-order valence-corrected chi connectivity index (χ1v) is 9.06. The molecule has 0 saturated carbocycles. The summed E-state index contributed by atoms with van der Waals surface area (Å²) in [5.74, 6) is 0.470. The van der Waals surface area contributed by atoms with Crippen LogP contribution in [0, 0.1) is 0 Å². The van der Waals surface area contributed by atoms with E-state index in [2.05, 4.69) is 43.2 Å². The van der Waals surface area contributed by atoms with Gasteiger partial charge in [-0.3, -0.25) is 14.3 Å². The molecule has 1 aliphatic rings. The van der Waals surface area contributed by atoms with Crippen LogP contribution in [0.2, 0.25) is 0 Å². The van der Waals surface area contributed by atoms with E-state index in [9.17, 15) is 9.59 Å². The number of aromatic nitrogens is 2. The van der Waals surface area contributed by atoms with Crippen molar-refractivity contribution in [1.29, 1.82) is 0 Å². The summed E-state index contributed by atoms with van der Waals surface area (Å²) in [6.45, 7) is 8.16. The molecule has 1 fully saturated rings. The number of amides is 2. The maximum absolute atomic E-state index is 12.8. The van der Waals surface area contributed by atoms with Gasteiger partial charge in [0, 0.05) is 40.2 Å². The Bertz CT molecular complexity index is 800. The van der Waals surface area contributed by atoms with Crippen LogP contribution in [-0.2, 0) is 11.8 Å². The molecule has 0 spiro atoms. The molecule has 1 saturated heterocycles. The fourth-order valence-electron chi connectivity index (χ4n) is 3.27. The van der Waals surface area contributed by atoms with Crippen LogP contribution in [0.1, 0.15) is 42.7 Å². The fourth-order valence-corrected chi connectivity index (χ4v) is 3.27. The maximum atomic E-state index is 12.8. The van der Waals surface area contributed by atoms with Gasteiger partial charge >= 0.3 is 0 Å². The average molecular weight is 354 g/mol. The zero-order valence-corrected chi connectivity index (χ0v) is 15.9. The van der Waals surface area contributed by atoms with E-state index in [1.165, 1.54) is 5.56 Å². The lowest BCUT2D eigenvalue weighted by atomic mass is 10.0. The number of hydrogen-bond acceptors (Lipinski definition) is 3. The predicted octanol–water partition coefficient (Wildman–Crippen LogP) is 2.51. The third-order valence-electron chi connectivity index (χ3n) is 4.98. The summed E-state index contributed by atoms with van der Waals surface area (Å²) >= 11 is 0. The Hall–Kier alpha value is -2.63. The molecule has 1 aromatic heterocycles. The molecule has 138 valence electrons. The SMILES string of the molecule is CC(=O)N1CCN(C(=O)c2cc(-c3ccc(C(C)C)cc3)n(C)n2)CC1. The van der Waals surface area contributed by atoms with Crippen molar-refractivity contribution in [2.45, 2.75) is 26.7 Å². The fraction of sp³-hybridized carbons (Fsp3) is 0.450. The minimum absolute atomic E-state index is 0.0575. The summed E-state index contributed by atoms with van der Waals surface area (Å²) in [6, 6.07) is 10.2. The number of nitrogens with zero attached hydrogens (tertiary/aromatic N) is 4. The highest BCUT2D eigenvalue weighted by molar-refractivity contribution is 5.93. The van der Waals surface area contributed by atoms with Gasteiger partial charge in [-0.05, 0) is 23.1 Å². The molecule has 2 amide bonds. The molecule has 0 aliphatic carbocycles. The standard InChI is InChI=1S/C20H26N4O2/c1-14(2)16-5-7-17(8-6-16)19-13-18(21-22(19)4)20(26)24-11-9-23(10-12-24)15(3)25/h5-8,13-14H,9-12H2,1-4H3. The summed E-state index contributed by atoms with van der Waals surface area (Å²) < 4.78 is 1.75. The van der Waals surface area contributed by atoms with E-state index < -0.39 is 0 Å². The number of piperazine rings is 1. The second-order valence-electron chi connectivity index (χ2n) is 7.11. The van der Waals surface area contributed by atoms with Crippen LogP contribution < -0.4 is 0 Å². The van der Waals surface area contributed by atoms with Gasteiger partial charge in [0.2, 0.25) is 5.91 Å². The smallest absolute Gasteiger partial charge is 0.274 e. The van der Waals surface area contributed by atoms with Gasteiger partial charge in [0.15, 0.2) is 5.69 Å². The lowest BCUT2D eigenvalue weighted by Crippen LogP contribution is -2.50. The minimum atomic E-state index is -0.0751. The quantitative estimate of drug-likeness (QED) is 0.851. The predicted molar refractivity (Wildman–Crippen MR) is 101 cm³/mol. The Labute approximate surface area is 154 Å². The van der Waals surface area contributed by atoms with Crippen molar-refractivity contribution in [1.82, 2.24) is 19.6 Å². The highest BCUT2D eigenvalue weighted by Gasteiger charge is 2.25. The molecule has 6 nitrogen and oxygen atoms in total. The maximum Gasteiger partial charge on any atom is 0.274 e. The highest BCUT2D eigenvalue weighted by atomic mass is 16.2. The Kier molecular flexibility index (Phi) is 5.11. The molecular formula is C20H26N4O2. The van der Waals surface area contributed by atoms with Crippen LogP contribution in [0.4, 0.5) is 0 Å². The van der Waals surface area contributed by atoms with Gasteiger partial charge in [-0.15, -0.1) is 0 Å². The molecule has 0 N–H and O–H groups in total. The Balaban J connectivity index is 1.75. The number of benzene rings is 1. The normalized spacial score (nSPS) is 14.8. The van der Waals surface area contributed by atoms with Gasteiger partial charge in [0.25, 0.3) is 5.91 Å². The first-order chi connectivity index (χ1) is 12.4. The Morgan fingerprint density at radius 1 is 1.00 bits per heavy atom. The van der Waals surface area contributed by atoms with Crippen molar-refractivity contribution in [2.24, 2.45) is 7.05 Å². The highest BCUT2D eigenvalue weighted by Crippen LogP contribution is 2.23. The lowest BCUT2D eigenvalue weighted by Gasteiger charge is -2.33. The second kappa shape index (κ2) is 7.32. The zero-order chi connectivity index (χ0) is 18.8. The van der Waals surface area contributed by atoms with Crippen molar-refractivity contribution < 1.29 is 9.59 Å². The van der Waals surface area contributed by atoms with E-state index in [-0.39, 0.29) is 11.8 Å². The second-order valence-corrected chi connectivity index (χ2v) is 7.11. The molecule has 6 heteroatoms. The van der Waals surface area contributed by atoms with Crippen molar-refractivity contribution in [3.8, 4) is 11.3 Å². The molecule has 0 radical (unpaired) electrons. The molecule has 0 unspecified atom stereocenters. The van der Waals surface area contributed by atoms with E-state index in [0.717, 1.165) is 11.3 Å². The summed E-state index contributed by atoms with van der Waals surface area (Å²) in [4.78, 5) is 27.7. The van der Waals surface area contributed by atoms with Gasteiger partial charge in [-0.1, -0.05) is 38.1 Å². The van der Waals surface area contributed by atoms with E-state index in [4.69, 9.17) is 0 Å². The van der Waals surface area contributed by atoms with E-state index in [0.29, 0.717) is 37.8 Å². The largest absolute Gasteiger partial charge is 0.339 e. The molecule has 1 aliphatic heterocycles. The number of carbonyl (C=O) groups is 2. The van der Waals surface area contributed by atoms with E-state index in [1.54, 1.807) is 21.4 Å². The van der Waals surface area contributed by atoms with Gasteiger partial charge in [0.05, 0.1) is 5.69 Å². The van der Waals surface area contributed by atoms with Gasteiger partial charge in [0.1, 0.15) is 0 Å². The third kappa shape index (κ3) is 3.64. The number of hydrogen-bond donors (Lipinski definition) is 0. The van der Waals surface area contributed by atoms with Gasteiger partial charge in [-0.2, -0.15) is 5.10 Å². The molecule has 0 atom stereocenters. The van der Waals surface area contributed by atoms with Gasteiger partial charge in [-0.25, -0.2) is 0 Å². The first-order valence-electron chi connectivity index (χ1n) is 9.06. The van der Waals surface area contributed by atoms with Crippen LogP contribution in [0.3, 0.4) is 0 Å². The third-order valence-corrected chi connectivity index (χ3v) is 4.98. The Morgan fingerprint density at radius 3 is 2.12 bits per heavy atom. The molecule has 0 bridgehead atoms. The topological polar surface area (TPSA) is 58.4 Å².